The van der Waals surface area contributed by atoms with E-state index in [1.54, 1.807) is 17.5 Å². The normalized spacial score (nSPS) is 25.8. The molecule has 9 heteroatoms. The maximum Gasteiger partial charge on any atom is 0.252 e. The lowest BCUT2D eigenvalue weighted by Crippen LogP contribution is -2.51. The zero-order valence-electron chi connectivity index (χ0n) is 13.9. The zero-order valence-corrected chi connectivity index (χ0v) is 15.6. The van der Waals surface area contributed by atoms with Crippen LogP contribution in [0.5, 0.6) is 0 Å². The van der Waals surface area contributed by atoms with Gasteiger partial charge in [-0.1, -0.05) is 6.07 Å². The Morgan fingerprint density at radius 2 is 2.12 bits per heavy atom. The average molecular weight is 386 g/mol. The molecular weight excluding hydrogens is 362 g/mol. The molecule has 3 heterocycles. The van der Waals surface area contributed by atoms with E-state index in [2.05, 4.69) is 10.6 Å². The molecule has 2 aliphatic heterocycles. The van der Waals surface area contributed by atoms with E-state index in [1.165, 1.54) is 15.6 Å². The van der Waals surface area contributed by atoms with E-state index < -0.39 is 22.0 Å². The van der Waals surface area contributed by atoms with E-state index in [-0.39, 0.29) is 18.4 Å². The second-order valence-corrected chi connectivity index (χ2v) is 9.59. The Morgan fingerprint density at radius 1 is 1.28 bits per heavy atom. The van der Waals surface area contributed by atoms with Gasteiger partial charge in [0.25, 0.3) is 10.0 Å². The number of nitrogens with zero attached hydrogens (tertiary/aromatic N) is 1. The standard InChI is InChI=1S/C16H23N3O4S2/c20-15(18-13-6-1-2-8-17-16(13)21)12-5-3-9-19(11-12)25(22,23)14-7-4-10-24-14/h4,7,10,12-13H,1-3,5-6,8-9,11H2,(H,17,21)(H,18,20)/t12-,13-/m0/s1. The van der Waals surface area contributed by atoms with Crippen LogP contribution in [0.4, 0.5) is 0 Å². The highest BCUT2D eigenvalue weighted by atomic mass is 32.2. The maximum absolute atomic E-state index is 12.6. The third-order valence-corrected chi connectivity index (χ3v) is 7.93. The molecule has 0 spiro atoms. The van der Waals surface area contributed by atoms with Crippen molar-refractivity contribution in [2.45, 2.75) is 42.4 Å². The molecule has 0 bridgehead atoms. The molecule has 2 N–H and O–H groups in total. The second-order valence-electron chi connectivity index (χ2n) is 6.48. The van der Waals surface area contributed by atoms with Crippen LogP contribution in [0.1, 0.15) is 32.1 Å². The summed E-state index contributed by atoms with van der Waals surface area (Å²) >= 11 is 1.18. The Balaban J connectivity index is 1.64. The summed E-state index contributed by atoms with van der Waals surface area (Å²) in [6, 6.07) is 2.77. The molecule has 2 amide bonds. The Bertz CT molecular complexity index is 718. The SMILES string of the molecule is O=C(N[C@H]1CCCCNC1=O)[C@H]1CCCN(S(=O)(=O)c2cccs2)C1. The Kier molecular flexibility index (Phi) is 5.75. The predicted octanol–water partition coefficient (Wildman–Crippen LogP) is 0.934. The quantitative estimate of drug-likeness (QED) is 0.806. The summed E-state index contributed by atoms with van der Waals surface area (Å²) in [5.74, 6) is -0.794. The van der Waals surface area contributed by atoms with Crippen LogP contribution >= 0.6 is 11.3 Å². The minimum Gasteiger partial charge on any atom is -0.354 e. The van der Waals surface area contributed by atoms with Crippen molar-refractivity contribution in [1.29, 1.82) is 0 Å². The van der Waals surface area contributed by atoms with Gasteiger partial charge in [-0.25, -0.2) is 8.42 Å². The van der Waals surface area contributed by atoms with E-state index in [1.807, 2.05) is 0 Å². The fourth-order valence-corrected chi connectivity index (χ4v) is 5.95. The van der Waals surface area contributed by atoms with Crippen LogP contribution < -0.4 is 10.6 Å². The van der Waals surface area contributed by atoms with Crippen LogP contribution in [0.2, 0.25) is 0 Å². The molecule has 3 rings (SSSR count). The van der Waals surface area contributed by atoms with Crippen molar-refractivity contribution < 1.29 is 18.0 Å². The maximum atomic E-state index is 12.6. The van der Waals surface area contributed by atoms with Gasteiger partial charge in [0.05, 0.1) is 5.92 Å². The summed E-state index contributed by atoms with van der Waals surface area (Å²) in [5, 5.41) is 7.34. The Morgan fingerprint density at radius 3 is 2.88 bits per heavy atom. The number of sulfonamides is 1. The van der Waals surface area contributed by atoms with E-state index in [0.29, 0.717) is 36.6 Å². The smallest absolute Gasteiger partial charge is 0.252 e. The first-order chi connectivity index (χ1) is 12.0. The van der Waals surface area contributed by atoms with Gasteiger partial charge < -0.3 is 10.6 Å². The lowest BCUT2D eigenvalue weighted by Gasteiger charge is -2.31. The highest BCUT2D eigenvalue weighted by molar-refractivity contribution is 7.91. The van der Waals surface area contributed by atoms with Crippen LogP contribution in [0, 0.1) is 5.92 Å². The van der Waals surface area contributed by atoms with Crippen LogP contribution in [-0.4, -0.2) is 50.2 Å². The summed E-state index contributed by atoms with van der Waals surface area (Å²) in [4.78, 5) is 24.6. The number of hydrogen-bond donors (Lipinski definition) is 2. The van der Waals surface area contributed by atoms with Crippen molar-refractivity contribution in [3.05, 3.63) is 17.5 Å². The summed E-state index contributed by atoms with van der Waals surface area (Å²) in [6.07, 6.45) is 3.69. The van der Waals surface area contributed by atoms with Crippen molar-refractivity contribution in [3.8, 4) is 0 Å². The molecular formula is C16H23N3O4S2. The molecule has 0 radical (unpaired) electrons. The number of piperidine rings is 1. The highest BCUT2D eigenvalue weighted by Gasteiger charge is 2.35. The molecule has 0 unspecified atom stereocenters. The Hall–Kier alpha value is -1.45. The van der Waals surface area contributed by atoms with E-state index >= 15 is 0 Å². The van der Waals surface area contributed by atoms with Crippen molar-refractivity contribution in [2.75, 3.05) is 19.6 Å². The first-order valence-corrected chi connectivity index (χ1v) is 10.9. The van der Waals surface area contributed by atoms with Crippen molar-refractivity contribution in [2.24, 2.45) is 5.92 Å². The van der Waals surface area contributed by atoms with Gasteiger partial charge in [-0.2, -0.15) is 4.31 Å². The van der Waals surface area contributed by atoms with E-state index in [4.69, 9.17) is 0 Å². The molecule has 7 nitrogen and oxygen atoms in total. The molecule has 0 aliphatic carbocycles. The van der Waals surface area contributed by atoms with Crippen LogP contribution in [0.25, 0.3) is 0 Å². The molecule has 2 atom stereocenters. The molecule has 0 saturated carbocycles. The van der Waals surface area contributed by atoms with Gasteiger partial charge in [0.1, 0.15) is 10.3 Å². The van der Waals surface area contributed by atoms with Gasteiger partial charge in [-0.15, -0.1) is 11.3 Å². The molecule has 1 aromatic rings. The number of thiophene rings is 1. The number of hydrogen-bond acceptors (Lipinski definition) is 5. The zero-order chi connectivity index (χ0) is 17.9. The third-order valence-electron chi connectivity index (χ3n) is 4.70. The minimum atomic E-state index is -3.54. The van der Waals surface area contributed by atoms with E-state index in [0.717, 1.165) is 12.8 Å². The largest absolute Gasteiger partial charge is 0.354 e. The fraction of sp³-hybridized carbons (Fsp3) is 0.625. The van der Waals surface area contributed by atoms with Crippen molar-refractivity contribution in [3.63, 3.8) is 0 Å². The van der Waals surface area contributed by atoms with E-state index in [9.17, 15) is 18.0 Å². The van der Waals surface area contributed by atoms with Gasteiger partial charge in [0.15, 0.2) is 0 Å². The highest BCUT2D eigenvalue weighted by Crippen LogP contribution is 2.26. The molecule has 138 valence electrons. The first kappa shape index (κ1) is 18.3. The van der Waals surface area contributed by atoms with Crippen LogP contribution in [-0.2, 0) is 19.6 Å². The second kappa shape index (κ2) is 7.84. The van der Waals surface area contributed by atoms with Gasteiger partial charge in [0, 0.05) is 19.6 Å². The lowest BCUT2D eigenvalue weighted by molar-refractivity contribution is -0.131. The van der Waals surface area contributed by atoms with Gasteiger partial charge in [0.2, 0.25) is 11.8 Å². The molecule has 2 aliphatic rings. The molecule has 25 heavy (non-hydrogen) atoms. The van der Waals surface area contributed by atoms with Crippen LogP contribution in [0.3, 0.4) is 0 Å². The number of carbonyl (C=O) groups is 2. The van der Waals surface area contributed by atoms with Gasteiger partial charge in [-0.05, 0) is 43.6 Å². The summed E-state index contributed by atoms with van der Waals surface area (Å²) in [6.45, 7) is 1.23. The monoisotopic (exact) mass is 385 g/mol. The lowest BCUT2D eigenvalue weighted by atomic mass is 9.98. The van der Waals surface area contributed by atoms with Crippen molar-refractivity contribution >= 4 is 33.2 Å². The molecule has 2 saturated heterocycles. The third kappa shape index (κ3) is 4.21. The fourth-order valence-electron chi connectivity index (χ4n) is 3.28. The number of amides is 2. The first-order valence-electron chi connectivity index (χ1n) is 8.60. The molecule has 1 aromatic heterocycles. The predicted molar refractivity (Wildman–Crippen MR) is 94.6 cm³/mol. The van der Waals surface area contributed by atoms with Gasteiger partial charge in [-0.3, -0.25) is 9.59 Å². The summed E-state index contributed by atoms with van der Waals surface area (Å²) in [7, 11) is -3.54. The van der Waals surface area contributed by atoms with Gasteiger partial charge >= 0.3 is 0 Å². The van der Waals surface area contributed by atoms with Crippen molar-refractivity contribution in [1.82, 2.24) is 14.9 Å². The molecule has 0 aromatic carbocycles. The Labute approximate surface area is 151 Å². The topological polar surface area (TPSA) is 95.6 Å². The number of rotatable bonds is 4. The van der Waals surface area contributed by atoms with Crippen LogP contribution in [0.15, 0.2) is 21.7 Å². The summed E-state index contributed by atoms with van der Waals surface area (Å²) in [5.41, 5.74) is 0. The summed E-state index contributed by atoms with van der Waals surface area (Å²) < 4.78 is 27.0. The average Bonchev–Trinajstić information content (AvgIpc) is 3.08. The molecule has 2 fully saturated rings. The number of nitrogens with one attached hydrogen (secondary N) is 2. The minimum absolute atomic E-state index is 0.148. The number of carbonyl (C=O) groups excluding carboxylic acids is 2.